The third-order valence-electron chi connectivity index (χ3n) is 4.25. The van der Waals surface area contributed by atoms with Crippen molar-refractivity contribution in [2.24, 2.45) is 5.92 Å². The zero-order valence-electron chi connectivity index (χ0n) is 12.7. The largest absolute Gasteiger partial charge is 0.261 e. The van der Waals surface area contributed by atoms with E-state index in [-0.39, 0.29) is 0 Å². The Morgan fingerprint density at radius 3 is 2.82 bits per heavy atom. The fraction of sp³-hybridized carbons (Fsp3) is 0.333. The molecule has 3 aromatic rings. The van der Waals surface area contributed by atoms with Crippen LogP contribution in [0.4, 0.5) is 0 Å². The second-order valence-corrected chi connectivity index (χ2v) is 7.72. The molecule has 0 saturated carbocycles. The van der Waals surface area contributed by atoms with E-state index in [1.54, 1.807) is 11.3 Å². The second kappa shape index (κ2) is 5.32. The Bertz CT molecular complexity index is 867. The summed E-state index contributed by atoms with van der Waals surface area (Å²) in [6.07, 6.45) is 6.97. The van der Waals surface area contributed by atoms with Crippen molar-refractivity contribution >= 4 is 33.0 Å². The van der Waals surface area contributed by atoms with Crippen molar-refractivity contribution in [2.45, 2.75) is 33.1 Å². The first-order valence-corrected chi connectivity index (χ1v) is 8.87. The predicted molar refractivity (Wildman–Crippen MR) is 93.8 cm³/mol. The number of hydrogen-bond donors (Lipinski definition) is 0. The Balaban J connectivity index is 1.98. The van der Waals surface area contributed by atoms with Crippen molar-refractivity contribution in [1.82, 2.24) is 9.97 Å². The summed E-state index contributed by atoms with van der Waals surface area (Å²) in [4.78, 5) is 10.3. The Morgan fingerprint density at radius 1 is 1.18 bits per heavy atom. The Morgan fingerprint density at radius 2 is 2.00 bits per heavy atom. The lowest BCUT2D eigenvalue weighted by Gasteiger charge is -2.20. The lowest BCUT2D eigenvalue weighted by Crippen LogP contribution is -2.09. The monoisotopic (exact) mass is 328 g/mol. The molecule has 112 valence electrons. The van der Waals surface area contributed by atoms with Crippen LogP contribution in [0.3, 0.4) is 0 Å². The lowest BCUT2D eigenvalue weighted by atomic mass is 9.86. The van der Waals surface area contributed by atoms with E-state index in [0.717, 1.165) is 24.0 Å². The van der Waals surface area contributed by atoms with Gasteiger partial charge in [0.1, 0.15) is 5.15 Å². The average Bonchev–Trinajstić information content (AvgIpc) is 2.87. The maximum atomic E-state index is 6.29. The van der Waals surface area contributed by atoms with Crippen LogP contribution >= 0.6 is 22.9 Å². The summed E-state index contributed by atoms with van der Waals surface area (Å²) in [6.45, 7) is 4.50. The fourth-order valence-corrected chi connectivity index (χ4v) is 4.83. The van der Waals surface area contributed by atoms with Crippen LogP contribution in [0.2, 0.25) is 5.15 Å². The van der Waals surface area contributed by atoms with Crippen molar-refractivity contribution in [1.29, 1.82) is 0 Å². The van der Waals surface area contributed by atoms with Crippen LogP contribution in [0.5, 0.6) is 0 Å². The van der Waals surface area contributed by atoms with Gasteiger partial charge in [-0.3, -0.25) is 4.98 Å². The van der Waals surface area contributed by atoms with E-state index < -0.39 is 0 Å². The number of pyridine rings is 2. The minimum atomic E-state index is 0.620. The van der Waals surface area contributed by atoms with Gasteiger partial charge in [-0.1, -0.05) is 25.4 Å². The number of nitrogens with zero attached hydrogens (tertiary/aromatic N) is 2. The SMILES string of the molecule is CC(C)Cc1nccc2c1CCc1sc3c(Cl)nccc3c1-2. The maximum absolute atomic E-state index is 6.29. The average molecular weight is 329 g/mol. The normalized spacial score (nSPS) is 13.5. The molecule has 0 spiro atoms. The molecule has 22 heavy (non-hydrogen) atoms. The van der Waals surface area contributed by atoms with Crippen LogP contribution in [0.1, 0.15) is 30.0 Å². The predicted octanol–water partition coefficient (Wildman–Crippen LogP) is 5.31. The van der Waals surface area contributed by atoms with Crippen molar-refractivity contribution in [3.8, 4) is 11.1 Å². The highest BCUT2D eigenvalue weighted by atomic mass is 35.5. The van der Waals surface area contributed by atoms with Gasteiger partial charge in [-0.15, -0.1) is 11.3 Å². The summed E-state index contributed by atoms with van der Waals surface area (Å²) in [5.41, 5.74) is 5.40. The Hall–Kier alpha value is -1.45. The smallest absolute Gasteiger partial charge is 0.146 e. The van der Waals surface area contributed by atoms with Gasteiger partial charge < -0.3 is 0 Å². The second-order valence-electron chi connectivity index (χ2n) is 6.26. The van der Waals surface area contributed by atoms with Gasteiger partial charge in [0, 0.05) is 33.9 Å². The third kappa shape index (κ3) is 2.15. The molecule has 1 aliphatic carbocycles. The van der Waals surface area contributed by atoms with Gasteiger partial charge in [-0.05, 0) is 48.4 Å². The molecule has 3 heterocycles. The van der Waals surface area contributed by atoms with Gasteiger partial charge in [-0.25, -0.2) is 4.98 Å². The summed E-state index contributed by atoms with van der Waals surface area (Å²) in [5, 5.41) is 1.86. The first kappa shape index (κ1) is 14.2. The van der Waals surface area contributed by atoms with Gasteiger partial charge >= 0.3 is 0 Å². The highest BCUT2D eigenvalue weighted by molar-refractivity contribution is 7.20. The molecule has 0 bridgehead atoms. The minimum Gasteiger partial charge on any atom is -0.261 e. The van der Waals surface area contributed by atoms with Gasteiger partial charge in [-0.2, -0.15) is 0 Å². The standard InChI is InChI=1S/C18H17ClN2S/c1-10(2)9-14-11-3-4-15-16(12(11)5-7-20-14)13-6-8-21-18(19)17(13)22-15/h5-8,10H,3-4,9H2,1-2H3. The van der Waals surface area contributed by atoms with E-state index in [0.29, 0.717) is 11.1 Å². The zero-order chi connectivity index (χ0) is 15.3. The zero-order valence-corrected chi connectivity index (χ0v) is 14.3. The molecular weight excluding hydrogens is 312 g/mol. The van der Waals surface area contributed by atoms with Crippen molar-refractivity contribution in [2.75, 3.05) is 0 Å². The van der Waals surface area contributed by atoms with Crippen LogP contribution in [0, 0.1) is 5.92 Å². The number of aryl methyl sites for hydroxylation is 1. The number of fused-ring (bicyclic) bond motifs is 5. The van der Waals surface area contributed by atoms with Gasteiger partial charge in [0.15, 0.2) is 0 Å². The molecule has 0 atom stereocenters. The molecule has 0 aliphatic heterocycles. The van der Waals surface area contributed by atoms with E-state index in [1.807, 2.05) is 12.4 Å². The number of rotatable bonds is 2. The summed E-state index contributed by atoms with van der Waals surface area (Å²) in [7, 11) is 0. The quantitative estimate of drug-likeness (QED) is 0.596. The van der Waals surface area contributed by atoms with E-state index in [4.69, 9.17) is 11.6 Å². The molecule has 2 nitrogen and oxygen atoms in total. The highest BCUT2D eigenvalue weighted by Crippen LogP contribution is 2.45. The molecule has 3 aromatic heterocycles. The first-order chi connectivity index (χ1) is 10.6. The van der Waals surface area contributed by atoms with E-state index in [2.05, 4.69) is 35.9 Å². The van der Waals surface area contributed by atoms with Crippen molar-refractivity contribution in [3.05, 3.63) is 45.8 Å². The molecular formula is C18H17ClN2S. The molecule has 0 unspecified atom stereocenters. The molecule has 0 aromatic carbocycles. The Labute approximate surface area is 139 Å². The molecule has 1 aliphatic rings. The number of halogens is 1. The van der Waals surface area contributed by atoms with Crippen molar-refractivity contribution in [3.63, 3.8) is 0 Å². The molecule has 4 heteroatoms. The number of aromatic nitrogens is 2. The topological polar surface area (TPSA) is 25.8 Å². The van der Waals surface area contributed by atoms with Gasteiger partial charge in [0.2, 0.25) is 0 Å². The van der Waals surface area contributed by atoms with E-state index in [9.17, 15) is 0 Å². The van der Waals surface area contributed by atoms with Crippen LogP contribution < -0.4 is 0 Å². The van der Waals surface area contributed by atoms with Gasteiger partial charge in [0.25, 0.3) is 0 Å². The molecule has 0 radical (unpaired) electrons. The molecule has 0 saturated heterocycles. The van der Waals surface area contributed by atoms with Crippen LogP contribution in [-0.4, -0.2) is 9.97 Å². The first-order valence-electron chi connectivity index (χ1n) is 7.68. The van der Waals surface area contributed by atoms with Crippen LogP contribution in [0.25, 0.3) is 21.2 Å². The third-order valence-corrected chi connectivity index (χ3v) is 5.92. The maximum Gasteiger partial charge on any atom is 0.146 e. The van der Waals surface area contributed by atoms with Crippen LogP contribution in [0.15, 0.2) is 24.5 Å². The molecule has 0 N–H and O–H groups in total. The summed E-state index contributed by atoms with van der Waals surface area (Å²) >= 11 is 8.09. The lowest BCUT2D eigenvalue weighted by molar-refractivity contribution is 0.629. The summed E-state index contributed by atoms with van der Waals surface area (Å²) in [6, 6.07) is 4.26. The van der Waals surface area contributed by atoms with E-state index in [1.165, 1.54) is 32.6 Å². The van der Waals surface area contributed by atoms with Crippen molar-refractivity contribution < 1.29 is 0 Å². The minimum absolute atomic E-state index is 0.620. The van der Waals surface area contributed by atoms with Gasteiger partial charge in [0.05, 0.1) is 4.70 Å². The molecule has 0 amide bonds. The van der Waals surface area contributed by atoms with E-state index >= 15 is 0 Å². The summed E-state index contributed by atoms with van der Waals surface area (Å²) in [5.74, 6) is 0.623. The Kier molecular flexibility index (Phi) is 3.43. The number of hydrogen-bond acceptors (Lipinski definition) is 3. The van der Waals surface area contributed by atoms with Crippen LogP contribution in [-0.2, 0) is 19.3 Å². The molecule has 0 fully saturated rings. The summed E-state index contributed by atoms with van der Waals surface area (Å²) < 4.78 is 1.12. The fourth-order valence-electron chi connectivity index (χ4n) is 3.36. The number of thiophene rings is 1. The highest BCUT2D eigenvalue weighted by Gasteiger charge is 2.24. The molecule has 4 rings (SSSR count).